The van der Waals surface area contributed by atoms with E-state index in [1.807, 2.05) is 6.07 Å². The first-order valence-electron chi connectivity index (χ1n) is 22.6. The molecule has 0 atom stereocenters. The first-order valence-corrected chi connectivity index (χ1v) is 24.6. The molecule has 9 aromatic carbocycles. The van der Waals surface area contributed by atoms with E-state index in [4.69, 9.17) is 19.9 Å². The molecule has 0 aliphatic heterocycles. The number of nitrogens with zero attached hydrogens (tertiary/aromatic N) is 8. The molecule has 0 saturated carbocycles. The molecule has 14 aromatic rings. The van der Waals surface area contributed by atoms with Crippen molar-refractivity contribution in [3.8, 4) is 17.6 Å². The lowest BCUT2D eigenvalue weighted by atomic mass is 10.2. The standard InChI is InChI=1S/C58H38N8Si/c1-3-19-40(20-4-1)67(41-21-5-2-6-22-41,42-37-35-39(36-38-42)63-48-28-12-7-23-43(48)44-24-8-13-29-49(44)63)57-61-55(64-50-30-14-9-25-45(50)46-26-10-15-31-51(46)64)60-56(62-57)66-54-34-18-17-33-53(54)65-52-32-16-11-27-47(52)59-58(65)66/h1-38H. The van der Waals surface area contributed by atoms with Crippen LogP contribution in [0.25, 0.3) is 89.0 Å². The van der Waals surface area contributed by atoms with Crippen molar-refractivity contribution in [2.45, 2.75) is 0 Å². The molecule has 0 amide bonds. The molecular formula is C58H38N8Si. The second-order valence-electron chi connectivity index (χ2n) is 17.1. The van der Waals surface area contributed by atoms with Gasteiger partial charge in [-0.1, -0.05) is 170 Å². The maximum absolute atomic E-state index is 5.80. The van der Waals surface area contributed by atoms with Crippen molar-refractivity contribution >= 4 is 101 Å². The van der Waals surface area contributed by atoms with Gasteiger partial charge in [-0.2, -0.15) is 4.98 Å². The van der Waals surface area contributed by atoms with Crippen LogP contribution in [0.2, 0.25) is 0 Å². The van der Waals surface area contributed by atoms with Gasteiger partial charge in [0, 0.05) is 27.2 Å². The molecule has 9 heteroatoms. The summed E-state index contributed by atoms with van der Waals surface area (Å²) in [6.45, 7) is 0. The number of fused-ring (bicyclic) bond motifs is 11. The Kier molecular flexibility index (Phi) is 8.13. The first-order chi connectivity index (χ1) is 33.3. The molecule has 8 nitrogen and oxygen atoms in total. The molecule has 0 spiro atoms. The lowest BCUT2D eigenvalue weighted by Crippen LogP contribution is -2.76. The molecule has 67 heavy (non-hydrogen) atoms. The van der Waals surface area contributed by atoms with Crippen molar-refractivity contribution in [2.75, 3.05) is 0 Å². The van der Waals surface area contributed by atoms with E-state index >= 15 is 0 Å². The number of benzene rings is 9. The van der Waals surface area contributed by atoms with Crippen molar-refractivity contribution in [3.05, 3.63) is 231 Å². The summed E-state index contributed by atoms with van der Waals surface area (Å²) < 4.78 is 8.94. The minimum Gasteiger partial charge on any atom is -0.309 e. The van der Waals surface area contributed by atoms with Gasteiger partial charge in [0.1, 0.15) is 5.45 Å². The predicted octanol–water partition coefficient (Wildman–Crippen LogP) is 10.2. The summed E-state index contributed by atoms with van der Waals surface area (Å²) in [6, 6.07) is 82.1. The van der Waals surface area contributed by atoms with E-state index in [-0.39, 0.29) is 0 Å². The Hall–Kier alpha value is -8.92. The quantitative estimate of drug-likeness (QED) is 0.118. The Balaban J connectivity index is 1.12. The number of aromatic nitrogens is 8. The molecule has 14 rings (SSSR count). The van der Waals surface area contributed by atoms with Crippen molar-refractivity contribution in [2.24, 2.45) is 0 Å². The van der Waals surface area contributed by atoms with Crippen LogP contribution in [0.3, 0.4) is 0 Å². The minimum absolute atomic E-state index is 0.494. The third-order valence-corrected chi connectivity index (χ3v) is 18.1. The summed E-state index contributed by atoms with van der Waals surface area (Å²) in [4.78, 5) is 22.5. The van der Waals surface area contributed by atoms with Crippen LogP contribution in [0.1, 0.15) is 0 Å². The normalized spacial score (nSPS) is 12.2. The largest absolute Gasteiger partial charge is 0.309 e. The Morgan fingerprint density at radius 3 is 1.22 bits per heavy atom. The van der Waals surface area contributed by atoms with Crippen LogP contribution in [0.4, 0.5) is 0 Å². The van der Waals surface area contributed by atoms with Gasteiger partial charge >= 0.3 is 0 Å². The third-order valence-electron chi connectivity index (χ3n) is 13.6. The highest BCUT2D eigenvalue weighted by atomic mass is 28.3. The van der Waals surface area contributed by atoms with E-state index in [0.29, 0.717) is 17.3 Å². The van der Waals surface area contributed by atoms with Gasteiger partial charge < -0.3 is 4.57 Å². The molecular weight excluding hydrogens is 837 g/mol. The highest BCUT2D eigenvalue weighted by molar-refractivity contribution is 7.19. The van der Waals surface area contributed by atoms with E-state index in [2.05, 4.69) is 243 Å². The van der Waals surface area contributed by atoms with Crippen LogP contribution in [0, 0.1) is 0 Å². The zero-order valence-corrected chi connectivity index (χ0v) is 37.0. The lowest BCUT2D eigenvalue weighted by molar-refractivity contribution is 0.895. The Bertz CT molecular complexity index is 4080. The number of hydrogen-bond donors (Lipinski definition) is 0. The fourth-order valence-electron chi connectivity index (χ4n) is 10.7. The van der Waals surface area contributed by atoms with Gasteiger partial charge in [0.15, 0.2) is 0 Å². The van der Waals surface area contributed by atoms with Crippen molar-refractivity contribution in [3.63, 3.8) is 0 Å². The molecule has 0 saturated heterocycles. The minimum atomic E-state index is -3.43. The van der Waals surface area contributed by atoms with Crippen LogP contribution in [-0.2, 0) is 0 Å². The summed E-state index contributed by atoms with van der Waals surface area (Å²) in [7, 11) is -3.43. The lowest BCUT2D eigenvalue weighted by Gasteiger charge is -2.32. The number of hydrogen-bond acceptors (Lipinski definition) is 4. The van der Waals surface area contributed by atoms with Crippen molar-refractivity contribution in [1.82, 2.24) is 38.0 Å². The Morgan fingerprint density at radius 2 is 0.687 bits per heavy atom. The van der Waals surface area contributed by atoms with Crippen LogP contribution < -0.4 is 21.0 Å². The van der Waals surface area contributed by atoms with Gasteiger partial charge in [0.25, 0.3) is 0 Å². The predicted molar refractivity (Wildman–Crippen MR) is 275 cm³/mol. The molecule has 5 aromatic heterocycles. The summed E-state index contributed by atoms with van der Waals surface area (Å²) in [5.41, 5.74) is 10.0. The second-order valence-corrected chi connectivity index (χ2v) is 20.8. The molecule has 0 unspecified atom stereocenters. The zero-order valence-electron chi connectivity index (χ0n) is 36.0. The van der Waals surface area contributed by atoms with Crippen LogP contribution >= 0.6 is 0 Å². The van der Waals surface area contributed by atoms with Gasteiger partial charge in [0.05, 0.1) is 44.1 Å². The SMILES string of the molecule is c1ccc([Si](c2ccccc2)(c2ccc(-n3c4ccccc4c4ccccc43)cc2)c2nc(-n3c4ccccc4c4ccccc43)nc(-n3c4ccccc4n4c5ccccc5nc34)n2)cc1. The molecule has 0 radical (unpaired) electrons. The van der Waals surface area contributed by atoms with E-state index in [1.54, 1.807) is 0 Å². The highest BCUT2D eigenvalue weighted by Crippen LogP contribution is 2.34. The van der Waals surface area contributed by atoms with Crippen LogP contribution in [0.5, 0.6) is 0 Å². The summed E-state index contributed by atoms with van der Waals surface area (Å²) in [5.74, 6) is 1.76. The maximum atomic E-state index is 5.80. The summed E-state index contributed by atoms with van der Waals surface area (Å²) >= 11 is 0. The first kappa shape index (κ1) is 37.5. The fourth-order valence-corrected chi connectivity index (χ4v) is 15.1. The molecule has 0 N–H and O–H groups in total. The Morgan fingerprint density at radius 1 is 0.284 bits per heavy atom. The maximum Gasteiger partial charge on any atom is 0.241 e. The van der Waals surface area contributed by atoms with Crippen LogP contribution in [0.15, 0.2) is 231 Å². The second kappa shape index (κ2) is 14.5. The van der Waals surface area contributed by atoms with E-state index in [9.17, 15) is 0 Å². The average molecular weight is 875 g/mol. The van der Waals surface area contributed by atoms with E-state index in [1.165, 1.54) is 21.8 Å². The molecule has 0 aliphatic carbocycles. The van der Waals surface area contributed by atoms with Gasteiger partial charge in [0.2, 0.25) is 25.7 Å². The topological polar surface area (TPSA) is 70.8 Å². The van der Waals surface area contributed by atoms with E-state index in [0.717, 1.165) is 70.9 Å². The van der Waals surface area contributed by atoms with Crippen molar-refractivity contribution in [1.29, 1.82) is 0 Å². The molecule has 0 aliphatic rings. The molecule has 314 valence electrons. The Labute approximate surface area is 384 Å². The smallest absolute Gasteiger partial charge is 0.241 e. The number of imidazole rings is 2. The zero-order chi connectivity index (χ0) is 44.1. The van der Waals surface area contributed by atoms with Crippen molar-refractivity contribution < 1.29 is 0 Å². The highest BCUT2D eigenvalue weighted by Gasteiger charge is 2.46. The summed E-state index contributed by atoms with van der Waals surface area (Å²) in [6.07, 6.45) is 0. The molecule has 0 fully saturated rings. The monoisotopic (exact) mass is 874 g/mol. The van der Waals surface area contributed by atoms with E-state index < -0.39 is 8.07 Å². The third kappa shape index (κ3) is 5.40. The number of para-hydroxylation sites is 8. The molecule has 0 bridgehead atoms. The van der Waals surface area contributed by atoms with Gasteiger partial charge in [-0.25, -0.2) is 19.5 Å². The van der Waals surface area contributed by atoms with Crippen LogP contribution in [-0.4, -0.2) is 46.1 Å². The number of rotatable bonds is 7. The van der Waals surface area contributed by atoms with Gasteiger partial charge in [-0.05, 0) is 76.2 Å². The summed E-state index contributed by atoms with van der Waals surface area (Å²) in [5, 5.41) is 8.18. The average Bonchev–Trinajstić information content (AvgIpc) is 4.13. The fraction of sp³-hybridized carbons (Fsp3) is 0. The molecule has 5 heterocycles. The van der Waals surface area contributed by atoms with Gasteiger partial charge in [-0.15, -0.1) is 0 Å². The van der Waals surface area contributed by atoms with Gasteiger partial charge in [-0.3, -0.25) is 8.97 Å².